The van der Waals surface area contributed by atoms with Crippen LogP contribution in [0.5, 0.6) is 0 Å². The summed E-state index contributed by atoms with van der Waals surface area (Å²) in [7, 11) is 0. The van der Waals surface area contributed by atoms with E-state index in [9.17, 15) is 9.59 Å². The highest BCUT2D eigenvalue weighted by Gasteiger charge is 2.45. The molecule has 1 aliphatic rings. The summed E-state index contributed by atoms with van der Waals surface area (Å²) >= 11 is 12.4. The maximum Gasteiger partial charge on any atom is 0.227 e. The molecule has 2 aromatic rings. The molecule has 0 aliphatic carbocycles. The second-order valence-electron chi connectivity index (χ2n) is 7.47. The number of likely N-dealkylation sites (tertiary alicyclic amines) is 1. The van der Waals surface area contributed by atoms with Crippen molar-refractivity contribution in [2.75, 3.05) is 0 Å². The molecule has 0 N–H and O–H groups in total. The Labute approximate surface area is 182 Å². The molecule has 0 aromatic heterocycles. The predicted molar refractivity (Wildman–Crippen MR) is 118 cm³/mol. The van der Waals surface area contributed by atoms with Crippen LogP contribution in [0.3, 0.4) is 0 Å². The summed E-state index contributed by atoms with van der Waals surface area (Å²) in [6.07, 6.45) is 4.47. The van der Waals surface area contributed by atoms with Gasteiger partial charge in [0.05, 0.1) is 12.1 Å². The van der Waals surface area contributed by atoms with Crippen LogP contribution in [-0.2, 0) is 9.59 Å². The second-order valence-corrected chi connectivity index (χ2v) is 8.34. The van der Waals surface area contributed by atoms with E-state index in [1.54, 1.807) is 11.0 Å². The normalized spacial score (nSPS) is 22.9. The summed E-state index contributed by atoms with van der Waals surface area (Å²) < 4.78 is 0. The second kappa shape index (κ2) is 9.60. The molecule has 152 valence electrons. The standard InChI is InChI=1S/C24H25Cl2NO2/c1-3-6-18-14-22(17-7-5-8-20(26)13-17)23(16-9-11-19(25)12-10-16)27(24(18)29)21(4-2)15-28/h3,5,7-13,15,18,21-23H,1,4,6,14H2,2H3/t18-,21?,22-,23-/m1/s1. The maximum atomic E-state index is 13.4. The fraction of sp³-hybridized carbons (Fsp3) is 0.333. The first-order valence-electron chi connectivity index (χ1n) is 9.89. The Kier molecular flexibility index (Phi) is 7.15. The van der Waals surface area contributed by atoms with Crippen molar-refractivity contribution in [3.05, 3.63) is 82.4 Å². The van der Waals surface area contributed by atoms with Crippen molar-refractivity contribution in [3.8, 4) is 0 Å². The van der Waals surface area contributed by atoms with Gasteiger partial charge >= 0.3 is 0 Å². The van der Waals surface area contributed by atoms with Crippen LogP contribution in [-0.4, -0.2) is 23.1 Å². The van der Waals surface area contributed by atoms with E-state index in [0.29, 0.717) is 29.3 Å². The molecule has 1 fully saturated rings. The van der Waals surface area contributed by atoms with E-state index in [2.05, 4.69) is 6.58 Å². The summed E-state index contributed by atoms with van der Waals surface area (Å²) in [5.74, 6) is -0.206. The molecule has 0 saturated carbocycles. The minimum Gasteiger partial charge on any atom is -0.325 e. The first-order chi connectivity index (χ1) is 14.0. The van der Waals surface area contributed by atoms with Gasteiger partial charge in [0, 0.05) is 21.9 Å². The van der Waals surface area contributed by atoms with Gasteiger partial charge in [-0.25, -0.2) is 0 Å². The van der Waals surface area contributed by atoms with E-state index in [4.69, 9.17) is 23.2 Å². The lowest BCUT2D eigenvalue weighted by Crippen LogP contribution is -2.52. The quantitative estimate of drug-likeness (QED) is 0.386. The number of piperidine rings is 1. The van der Waals surface area contributed by atoms with Crippen molar-refractivity contribution < 1.29 is 9.59 Å². The van der Waals surface area contributed by atoms with E-state index >= 15 is 0 Å². The molecule has 0 radical (unpaired) electrons. The summed E-state index contributed by atoms with van der Waals surface area (Å²) in [6.45, 7) is 5.75. The summed E-state index contributed by atoms with van der Waals surface area (Å²) in [5, 5.41) is 1.29. The van der Waals surface area contributed by atoms with Crippen LogP contribution in [0.4, 0.5) is 0 Å². The van der Waals surface area contributed by atoms with E-state index in [0.717, 1.165) is 17.4 Å². The van der Waals surface area contributed by atoms with Gasteiger partial charge in [-0.15, -0.1) is 6.58 Å². The van der Waals surface area contributed by atoms with E-state index in [1.165, 1.54) is 0 Å². The third-order valence-electron chi connectivity index (χ3n) is 5.70. The molecule has 3 rings (SSSR count). The average molecular weight is 430 g/mol. The third-order valence-corrected chi connectivity index (χ3v) is 6.18. The molecule has 1 unspecified atom stereocenters. The predicted octanol–water partition coefficient (Wildman–Crippen LogP) is 6.22. The zero-order valence-electron chi connectivity index (χ0n) is 16.4. The van der Waals surface area contributed by atoms with Crippen LogP contribution < -0.4 is 0 Å². The molecular formula is C24H25Cl2NO2. The number of hydrogen-bond acceptors (Lipinski definition) is 2. The van der Waals surface area contributed by atoms with Crippen LogP contribution in [0.2, 0.25) is 10.0 Å². The Hall–Kier alpha value is -2.10. The monoisotopic (exact) mass is 429 g/mol. The van der Waals surface area contributed by atoms with Gasteiger partial charge in [0.2, 0.25) is 5.91 Å². The minimum atomic E-state index is -0.488. The first-order valence-corrected chi connectivity index (χ1v) is 10.6. The maximum absolute atomic E-state index is 13.4. The van der Waals surface area contributed by atoms with Gasteiger partial charge in [-0.2, -0.15) is 0 Å². The van der Waals surface area contributed by atoms with E-state index in [-0.39, 0.29) is 23.8 Å². The fourth-order valence-corrected chi connectivity index (χ4v) is 4.64. The van der Waals surface area contributed by atoms with Crippen LogP contribution in [0.1, 0.15) is 49.3 Å². The molecular weight excluding hydrogens is 405 g/mol. The van der Waals surface area contributed by atoms with Gasteiger partial charge < -0.3 is 9.69 Å². The largest absolute Gasteiger partial charge is 0.325 e. The van der Waals surface area contributed by atoms with Crippen molar-refractivity contribution in [1.29, 1.82) is 0 Å². The first kappa shape index (κ1) is 21.6. The zero-order valence-corrected chi connectivity index (χ0v) is 17.9. The lowest BCUT2D eigenvalue weighted by atomic mass is 9.74. The summed E-state index contributed by atoms with van der Waals surface area (Å²) in [5.41, 5.74) is 2.02. The minimum absolute atomic E-state index is 0.00192. The molecule has 0 spiro atoms. The molecule has 1 heterocycles. The lowest BCUT2D eigenvalue weighted by molar-refractivity contribution is -0.148. The zero-order chi connectivity index (χ0) is 21.0. The van der Waals surface area contributed by atoms with Crippen LogP contribution in [0.15, 0.2) is 61.2 Å². The van der Waals surface area contributed by atoms with Gasteiger partial charge in [-0.3, -0.25) is 4.79 Å². The van der Waals surface area contributed by atoms with Crippen molar-refractivity contribution in [3.63, 3.8) is 0 Å². The van der Waals surface area contributed by atoms with E-state index in [1.807, 2.05) is 55.5 Å². The molecule has 2 aromatic carbocycles. The Morgan fingerprint density at radius 2 is 1.86 bits per heavy atom. The number of allylic oxidation sites excluding steroid dienone is 1. The van der Waals surface area contributed by atoms with Gasteiger partial charge in [-0.1, -0.05) is 60.5 Å². The molecule has 1 saturated heterocycles. The fourth-order valence-electron chi connectivity index (χ4n) is 4.31. The number of amides is 1. The summed E-state index contributed by atoms with van der Waals surface area (Å²) in [4.78, 5) is 27.1. The van der Waals surface area contributed by atoms with Crippen LogP contribution >= 0.6 is 23.2 Å². The average Bonchev–Trinajstić information content (AvgIpc) is 2.72. The lowest BCUT2D eigenvalue weighted by Gasteiger charge is -2.47. The third kappa shape index (κ3) is 4.57. The number of aldehydes is 1. The van der Waals surface area contributed by atoms with Crippen molar-refractivity contribution in [1.82, 2.24) is 4.90 Å². The molecule has 29 heavy (non-hydrogen) atoms. The Morgan fingerprint density at radius 3 is 2.45 bits per heavy atom. The Bertz CT molecular complexity index is 881. The van der Waals surface area contributed by atoms with Crippen LogP contribution in [0.25, 0.3) is 0 Å². The van der Waals surface area contributed by atoms with Crippen molar-refractivity contribution >= 4 is 35.4 Å². The molecule has 0 bridgehead atoms. The van der Waals surface area contributed by atoms with Crippen LogP contribution in [0, 0.1) is 5.92 Å². The van der Waals surface area contributed by atoms with Gasteiger partial charge in [0.25, 0.3) is 0 Å². The Balaban J connectivity index is 2.17. The highest BCUT2D eigenvalue weighted by atomic mass is 35.5. The summed E-state index contributed by atoms with van der Waals surface area (Å²) in [6, 6.07) is 14.5. The number of carbonyl (C=O) groups excluding carboxylic acids is 2. The number of benzene rings is 2. The highest BCUT2D eigenvalue weighted by Crippen LogP contribution is 2.47. The SMILES string of the molecule is C=CC[C@@H]1C[C@H](c2cccc(Cl)c2)[C@@H](c2ccc(Cl)cc2)N(C(C=O)CC)C1=O. The molecule has 4 atom stereocenters. The highest BCUT2D eigenvalue weighted by molar-refractivity contribution is 6.30. The number of hydrogen-bond donors (Lipinski definition) is 0. The van der Waals surface area contributed by atoms with Gasteiger partial charge in [-0.05, 0) is 54.7 Å². The van der Waals surface area contributed by atoms with Crippen molar-refractivity contribution in [2.24, 2.45) is 5.92 Å². The molecule has 5 heteroatoms. The molecule has 3 nitrogen and oxygen atoms in total. The number of carbonyl (C=O) groups is 2. The molecule has 1 aliphatic heterocycles. The van der Waals surface area contributed by atoms with Gasteiger partial charge in [0.1, 0.15) is 6.29 Å². The van der Waals surface area contributed by atoms with Crippen molar-refractivity contribution in [2.45, 2.75) is 44.2 Å². The van der Waals surface area contributed by atoms with E-state index < -0.39 is 6.04 Å². The number of halogens is 2. The molecule has 1 amide bonds. The number of nitrogens with zero attached hydrogens (tertiary/aromatic N) is 1. The topological polar surface area (TPSA) is 37.4 Å². The Morgan fingerprint density at radius 1 is 1.14 bits per heavy atom. The van der Waals surface area contributed by atoms with Gasteiger partial charge in [0.15, 0.2) is 0 Å². The number of rotatable bonds is 7. The smallest absolute Gasteiger partial charge is 0.227 e.